The van der Waals surface area contributed by atoms with E-state index in [-0.39, 0.29) is 16.3 Å². The number of ether oxygens (including phenoxy) is 1. The second-order valence-corrected chi connectivity index (χ2v) is 14.5. The highest BCUT2D eigenvalue weighted by molar-refractivity contribution is 7.70. The summed E-state index contributed by atoms with van der Waals surface area (Å²) in [6.07, 6.45) is 3.04. The molecule has 37 heavy (non-hydrogen) atoms. The molecule has 14 nitrogen and oxygen atoms in total. The van der Waals surface area contributed by atoms with E-state index in [2.05, 4.69) is 19.9 Å². The van der Waals surface area contributed by atoms with Crippen LogP contribution in [0.15, 0.2) is 6.33 Å². The summed E-state index contributed by atoms with van der Waals surface area (Å²) in [4.78, 5) is 42.9. The van der Waals surface area contributed by atoms with Gasteiger partial charge in [0.25, 0.3) is 0 Å². The van der Waals surface area contributed by atoms with Gasteiger partial charge in [0.15, 0.2) is 29.1 Å². The highest BCUT2D eigenvalue weighted by Crippen LogP contribution is 2.55. The van der Waals surface area contributed by atoms with Crippen LogP contribution in [0.5, 0.6) is 0 Å². The predicted octanol–water partition coefficient (Wildman–Crippen LogP) is 1.60. The zero-order valence-electron chi connectivity index (χ0n) is 19.8. The molecule has 0 aromatic carbocycles. The van der Waals surface area contributed by atoms with Gasteiger partial charge in [0.1, 0.15) is 18.3 Å². The van der Waals surface area contributed by atoms with Gasteiger partial charge in [-0.1, -0.05) is 19.3 Å². The first kappa shape index (κ1) is 27.4. The molecule has 5 rings (SSSR count). The van der Waals surface area contributed by atoms with Crippen molar-refractivity contribution in [3.8, 4) is 0 Å². The summed E-state index contributed by atoms with van der Waals surface area (Å²) in [5, 5.41) is 21.1. The second-order valence-electron chi connectivity index (χ2n) is 10.2. The Morgan fingerprint density at radius 2 is 1.84 bits per heavy atom. The van der Waals surface area contributed by atoms with Gasteiger partial charge in [0, 0.05) is 13.1 Å². The monoisotopic (exact) mass is 581 g/mol. The second kappa shape index (κ2) is 10.1. The Morgan fingerprint density at radius 3 is 2.54 bits per heavy atom. The number of anilines is 1. The topological polar surface area (TPSA) is 201 Å². The number of aliphatic hydroxyl groups is 2. The molecule has 5 N–H and O–H groups in total. The van der Waals surface area contributed by atoms with Crippen LogP contribution in [0.2, 0.25) is 5.28 Å². The molecule has 2 aromatic heterocycles. The first-order chi connectivity index (χ1) is 17.4. The number of aliphatic hydroxyl groups excluding tert-OH is 2. The molecule has 4 heterocycles. The third-order valence-electron chi connectivity index (χ3n) is 7.44. The molecule has 17 heteroatoms. The zero-order chi connectivity index (χ0) is 26.6. The number of rotatable bonds is 7. The van der Waals surface area contributed by atoms with E-state index >= 15 is 0 Å². The van der Waals surface area contributed by atoms with Crippen molar-refractivity contribution in [3.05, 3.63) is 11.6 Å². The molecule has 2 aromatic rings. The van der Waals surface area contributed by atoms with Crippen molar-refractivity contribution in [2.24, 2.45) is 5.41 Å². The van der Waals surface area contributed by atoms with E-state index in [1.165, 1.54) is 43.0 Å². The van der Waals surface area contributed by atoms with Crippen molar-refractivity contribution in [2.75, 3.05) is 30.5 Å². The standard InChI is InChI=1S/C20H30ClN5O9P2/c21-19-23-16(25-7-6-20(9-25)4-2-1-3-5-20)13-17(24-19)26(10-22-13)18-15(28)14(27)12(35-18)8-34-37(32,33)11-36(29,30)31/h10,12,14-15,18,27-28H,1-9,11H2,(H,32,33)(H2,29,30,31)/t12-,14?,15+,18-/m1/s1. The van der Waals surface area contributed by atoms with E-state index in [1.807, 2.05) is 0 Å². The molecule has 2 saturated heterocycles. The van der Waals surface area contributed by atoms with Gasteiger partial charge in [0.2, 0.25) is 5.28 Å². The van der Waals surface area contributed by atoms with Gasteiger partial charge in [-0.3, -0.25) is 13.7 Å². The van der Waals surface area contributed by atoms with E-state index in [1.54, 1.807) is 0 Å². The summed E-state index contributed by atoms with van der Waals surface area (Å²) in [5.74, 6) is -0.792. The van der Waals surface area contributed by atoms with Crippen LogP contribution >= 0.6 is 26.8 Å². The number of halogens is 1. The average Bonchev–Trinajstić information content (AvgIpc) is 3.48. The molecule has 1 aliphatic carbocycles. The van der Waals surface area contributed by atoms with Crippen LogP contribution in [0.3, 0.4) is 0 Å². The van der Waals surface area contributed by atoms with Crippen LogP contribution in [-0.4, -0.2) is 88.3 Å². The quantitative estimate of drug-likeness (QED) is 0.233. The van der Waals surface area contributed by atoms with Gasteiger partial charge in [0.05, 0.1) is 12.9 Å². The van der Waals surface area contributed by atoms with Gasteiger partial charge < -0.3 is 39.1 Å². The molecule has 3 fully saturated rings. The van der Waals surface area contributed by atoms with E-state index in [9.17, 15) is 24.2 Å². The van der Waals surface area contributed by atoms with Gasteiger partial charge in [-0.05, 0) is 36.3 Å². The fourth-order valence-corrected chi connectivity index (χ4v) is 8.40. The maximum atomic E-state index is 12.0. The molecule has 3 aliphatic rings. The van der Waals surface area contributed by atoms with Gasteiger partial charge in [-0.2, -0.15) is 9.97 Å². The van der Waals surface area contributed by atoms with Crippen LogP contribution in [0.1, 0.15) is 44.8 Å². The molecule has 1 saturated carbocycles. The lowest BCUT2D eigenvalue weighted by Crippen LogP contribution is -2.33. The molecule has 0 amide bonds. The van der Waals surface area contributed by atoms with E-state index in [0.717, 1.165) is 19.5 Å². The third-order valence-corrected chi connectivity index (χ3v) is 11.1. The maximum absolute atomic E-state index is 12.0. The lowest BCUT2D eigenvalue weighted by molar-refractivity contribution is -0.0483. The van der Waals surface area contributed by atoms with Crippen molar-refractivity contribution in [2.45, 2.75) is 63.1 Å². The summed E-state index contributed by atoms with van der Waals surface area (Å²) in [7, 11) is -9.49. The van der Waals surface area contributed by atoms with Crippen molar-refractivity contribution in [1.82, 2.24) is 19.5 Å². The van der Waals surface area contributed by atoms with Crippen molar-refractivity contribution < 1.29 is 43.3 Å². The minimum absolute atomic E-state index is 0.0135. The summed E-state index contributed by atoms with van der Waals surface area (Å²) in [6.45, 7) is 0.969. The summed E-state index contributed by atoms with van der Waals surface area (Å²) < 4.78 is 34.9. The van der Waals surface area contributed by atoms with Crippen LogP contribution in [0.25, 0.3) is 11.2 Å². The lowest BCUT2D eigenvalue weighted by atomic mass is 9.73. The van der Waals surface area contributed by atoms with Crippen LogP contribution < -0.4 is 4.90 Å². The van der Waals surface area contributed by atoms with E-state index in [4.69, 9.17) is 30.6 Å². The highest BCUT2D eigenvalue weighted by Gasteiger charge is 2.46. The molecule has 5 atom stereocenters. The number of imidazole rings is 1. The van der Waals surface area contributed by atoms with E-state index < -0.39 is 52.2 Å². The zero-order valence-corrected chi connectivity index (χ0v) is 22.4. The number of hydrogen-bond acceptors (Lipinski definition) is 10. The Balaban J connectivity index is 1.36. The molecule has 0 bridgehead atoms. The number of fused-ring (bicyclic) bond motifs is 1. The summed E-state index contributed by atoms with van der Waals surface area (Å²) in [5.41, 5.74) is 1.01. The van der Waals surface area contributed by atoms with Gasteiger partial charge >= 0.3 is 15.2 Å². The number of aromatic nitrogens is 4. The molecular formula is C20H30ClN5O9P2. The Labute approximate surface area is 217 Å². The minimum atomic E-state index is -4.82. The van der Waals surface area contributed by atoms with E-state index in [0.29, 0.717) is 11.3 Å². The SMILES string of the molecule is O=P(O)(O)CP(=O)(O)OC[C@H]1O[C@@H](n2cnc3c(N4CCC5(CCCCC5)C4)nc(Cl)nc32)[C@@H](O)C1O. The van der Waals surface area contributed by atoms with Crippen LogP contribution in [-0.2, 0) is 18.4 Å². The minimum Gasteiger partial charge on any atom is -0.387 e. The largest absolute Gasteiger partial charge is 0.387 e. The molecule has 1 spiro atoms. The highest BCUT2D eigenvalue weighted by atomic mass is 35.5. The Hall–Kier alpha value is -1.18. The Morgan fingerprint density at radius 1 is 1.11 bits per heavy atom. The van der Waals surface area contributed by atoms with Gasteiger partial charge in [-0.25, -0.2) is 4.98 Å². The molecule has 2 unspecified atom stereocenters. The summed E-state index contributed by atoms with van der Waals surface area (Å²) in [6, 6.07) is 0. The van der Waals surface area contributed by atoms with Gasteiger partial charge in [-0.15, -0.1) is 0 Å². The van der Waals surface area contributed by atoms with Crippen LogP contribution in [0.4, 0.5) is 5.82 Å². The Bertz CT molecular complexity index is 1250. The van der Waals surface area contributed by atoms with Crippen LogP contribution in [0, 0.1) is 5.41 Å². The number of nitrogens with zero attached hydrogens (tertiary/aromatic N) is 5. The third kappa shape index (κ3) is 5.74. The average molecular weight is 582 g/mol. The molecule has 2 aliphatic heterocycles. The van der Waals surface area contributed by atoms with Crippen molar-refractivity contribution in [3.63, 3.8) is 0 Å². The fourth-order valence-electron chi connectivity index (χ4n) is 5.67. The van der Waals surface area contributed by atoms with Crippen molar-refractivity contribution in [1.29, 1.82) is 0 Å². The summed E-state index contributed by atoms with van der Waals surface area (Å²) >= 11 is 6.28. The molecule has 206 valence electrons. The predicted molar refractivity (Wildman–Crippen MR) is 131 cm³/mol. The smallest absolute Gasteiger partial charge is 0.340 e. The molecule has 0 radical (unpaired) electrons. The number of hydrogen-bond donors (Lipinski definition) is 5. The fraction of sp³-hybridized carbons (Fsp3) is 0.750. The first-order valence-corrected chi connectivity index (χ1v) is 16.0. The lowest BCUT2D eigenvalue weighted by Gasteiger charge is -2.33. The first-order valence-electron chi connectivity index (χ1n) is 12.0. The maximum Gasteiger partial charge on any atom is 0.340 e. The normalized spacial score (nSPS) is 29.8. The molecular weight excluding hydrogens is 552 g/mol. The van der Waals surface area contributed by atoms with Crippen molar-refractivity contribution >= 4 is 43.8 Å². The Kier molecular flexibility index (Phi) is 7.47.